The van der Waals surface area contributed by atoms with Crippen molar-refractivity contribution in [3.63, 3.8) is 0 Å². The topological polar surface area (TPSA) is 54.5 Å². The fraction of sp³-hybridized carbons (Fsp3) is 0.500. The largest absolute Gasteiger partial charge is 0.336 e. The Morgan fingerprint density at radius 2 is 2.00 bits per heavy atom. The molecule has 0 N–H and O–H groups in total. The maximum atomic E-state index is 12.6. The zero-order valence-corrected chi connectivity index (χ0v) is 13.0. The van der Waals surface area contributed by atoms with Crippen LogP contribution in [0.15, 0.2) is 29.2 Å². The summed E-state index contributed by atoms with van der Waals surface area (Å²) in [7, 11) is 1.50. The van der Waals surface area contributed by atoms with Gasteiger partial charge in [-0.15, -0.1) is 0 Å². The van der Waals surface area contributed by atoms with E-state index in [0.29, 0.717) is 6.54 Å². The Morgan fingerprint density at radius 1 is 1.35 bits per heavy atom. The summed E-state index contributed by atoms with van der Waals surface area (Å²) in [5, 5.41) is 0. The SMILES string of the molecule is CCCCN(C(=O)c1ccccc1S(=O)(=O)Cl)C1CC1. The average molecular weight is 316 g/mol. The molecule has 1 aromatic carbocycles. The van der Waals surface area contributed by atoms with Gasteiger partial charge in [0.1, 0.15) is 0 Å². The second-order valence-electron chi connectivity index (χ2n) is 5.02. The van der Waals surface area contributed by atoms with Gasteiger partial charge < -0.3 is 4.90 Å². The van der Waals surface area contributed by atoms with Crippen molar-refractivity contribution < 1.29 is 13.2 Å². The molecule has 0 bridgehead atoms. The molecule has 0 atom stereocenters. The summed E-state index contributed by atoms with van der Waals surface area (Å²) in [6.07, 6.45) is 3.89. The second kappa shape index (κ2) is 6.14. The van der Waals surface area contributed by atoms with Gasteiger partial charge in [0.15, 0.2) is 0 Å². The van der Waals surface area contributed by atoms with E-state index in [0.717, 1.165) is 25.7 Å². The Balaban J connectivity index is 2.32. The molecular weight excluding hydrogens is 298 g/mol. The lowest BCUT2D eigenvalue weighted by molar-refractivity contribution is 0.0737. The molecule has 0 saturated heterocycles. The van der Waals surface area contributed by atoms with E-state index in [1.807, 2.05) is 0 Å². The van der Waals surface area contributed by atoms with Gasteiger partial charge in [0.05, 0.1) is 10.5 Å². The molecule has 0 aliphatic heterocycles. The van der Waals surface area contributed by atoms with Gasteiger partial charge in [-0.1, -0.05) is 25.5 Å². The van der Waals surface area contributed by atoms with Gasteiger partial charge >= 0.3 is 0 Å². The first-order valence-electron chi connectivity index (χ1n) is 6.79. The Kier molecular flexibility index (Phi) is 4.70. The molecule has 110 valence electrons. The lowest BCUT2D eigenvalue weighted by Crippen LogP contribution is -2.34. The third-order valence-corrected chi connectivity index (χ3v) is 4.76. The van der Waals surface area contributed by atoms with Gasteiger partial charge in [0.2, 0.25) is 0 Å². The van der Waals surface area contributed by atoms with Crippen molar-refractivity contribution in [1.82, 2.24) is 4.90 Å². The summed E-state index contributed by atoms with van der Waals surface area (Å²) in [5.41, 5.74) is 0.172. The third-order valence-electron chi connectivity index (χ3n) is 3.38. The minimum Gasteiger partial charge on any atom is -0.336 e. The molecule has 0 heterocycles. The van der Waals surface area contributed by atoms with Crippen LogP contribution in [0.2, 0.25) is 0 Å². The molecular formula is C14H18ClNO3S. The maximum absolute atomic E-state index is 12.6. The van der Waals surface area contributed by atoms with Crippen molar-refractivity contribution in [2.75, 3.05) is 6.54 Å². The first-order chi connectivity index (χ1) is 9.45. The van der Waals surface area contributed by atoms with E-state index in [9.17, 15) is 13.2 Å². The Bertz CT molecular complexity index is 596. The molecule has 1 aliphatic rings. The molecule has 2 rings (SSSR count). The zero-order valence-electron chi connectivity index (χ0n) is 11.4. The monoisotopic (exact) mass is 315 g/mol. The maximum Gasteiger partial charge on any atom is 0.262 e. The van der Waals surface area contributed by atoms with E-state index in [4.69, 9.17) is 10.7 Å². The summed E-state index contributed by atoms with van der Waals surface area (Å²) < 4.78 is 23.1. The highest BCUT2D eigenvalue weighted by atomic mass is 35.7. The van der Waals surface area contributed by atoms with E-state index in [1.54, 1.807) is 17.0 Å². The molecule has 6 heteroatoms. The minimum absolute atomic E-state index is 0.103. The first kappa shape index (κ1) is 15.3. The number of halogens is 1. The van der Waals surface area contributed by atoms with Crippen molar-refractivity contribution in [1.29, 1.82) is 0 Å². The van der Waals surface area contributed by atoms with Crippen LogP contribution in [0, 0.1) is 0 Å². The number of unbranched alkanes of at least 4 members (excludes halogenated alkanes) is 1. The lowest BCUT2D eigenvalue weighted by atomic mass is 10.2. The van der Waals surface area contributed by atoms with E-state index in [2.05, 4.69) is 6.92 Å². The number of benzene rings is 1. The van der Waals surface area contributed by atoms with E-state index in [1.165, 1.54) is 12.1 Å². The Morgan fingerprint density at radius 3 is 2.55 bits per heavy atom. The number of nitrogens with zero attached hydrogens (tertiary/aromatic N) is 1. The highest BCUT2D eigenvalue weighted by Gasteiger charge is 2.34. The highest BCUT2D eigenvalue weighted by molar-refractivity contribution is 8.13. The van der Waals surface area contributed by atoms with E-state index < -0.39 is 9.05 Å². The van der Waals surface area contributed by atoms with Crippen molar-refractivity contribution in [3.05, 3.63) is 29.8 Å². The number of amides is 1. The molecule has 1 aromatic rings. The molecule has 20 heavy (non-hydrogen) atoms. The van der Waals surface area contributed by atoms with Crippen molar-refractivity contribution in [2.24, 2.45) is 0 Å². The predicted octanol–water partition coefficient (Wildman–Crippen LogP) is 3.02. The molecule has 1 fully saturated rings. The van der Waals surface area contributed by atoms with Crippen molar-refractivity contribution in [2.45, 2.75) is 43.5 Å². The summed E-state index contributed by atoms with van der Waals surface area (Å²) in [4.78, 5) is 14.3. The van der Waals surface area contributed by atoms with Crippen LogP contribution in [0.5, 0.6) is 0 Å². The zero-order chi connectivity index (χ0) is 14.8. The van der Waals surface area contributed by atoms with Gasteiger partial charge in [-0.2, -0.15) is 0 Å². The van der Waals surface area contributed by atoms with Crippen LogP contribution in [0.25, 0.3) is 0 Å². The quantitative estimate of drug-likeness (QED) is 0.758. The van der Waals surface area contributed by atoms with Gasteiger partial charge in [-0.3, -0.25) is 4.79 Å². The Hall–Kier alpha value is -1.07. The number of hydrogen-bond acceptors (Lipinski definition) is 3. The number of hydrogen-bond donors (Lipinski definition) is 0. The summed E-state index contributed by atoms with van der Waals surface area (Å²) in [6, 6.07) is 6.38. The highest BCUT2D eigenvalue weighted by Crippen LogP contribution is 2.30. The summed E-state index contributed by atoms with van der Waals surface area (Å²) in [5.74, 6) is -0.235. The van der Waals surface area contributed by atoms with Gasteiger partial charge in [0.25, 0.3) is 15.0 Å². The second-order valence-corrected chi connectivity index (χ2v) is 7.55. The fourth-order valence-corrected chi connectivity index (χ4v) is 3.24. The van der Waals surface area contributed by atoms with Crippen LogP contribution in [-0.4, -0.2) is 31.8 Å². The van der Waals surface area contributed by atoms with Crippen LogP contribution in [0.4, 0.5) is 0 Å². The molecule has 0 unspecified atom stereocenters. The minimum atomic E-state index is -3.91. The third kappa shape index (κ3) is 3.52. The molecule has 0 aromatic heterocycles. The van der Waals surface area contributed by atoms with Gasteiger partial charge in [-0.25, -0.2) is 8.42 Å². The smallest absolute Gasteiger partial charge is 0.262 e. The summed E-state index contributed by atoms with van der Waals surface area (Å²) >= 11 is 0. The average Bonchev–Trinajstić information content (AvgIpc) is 3.22. The number of carbonyl (C=O) groups is 1. The van der Waals surface area contributed by atoms with Crippen LogP contribution in [-0.2, 0) is 9.05 Å². The number of carbonyl (C=O) groups excluding carboxylic acids is 1. The molecule has 1 saturated carbocycles. The predicted molar refractivity (Wildman–Crippen MR) is 78.4 cm³/mol. The molecule has 4 nitrogen and oxygen atoms in total. The van der Waals surface area contributed by atoms with Crippen LogP contribution in [0.3, 0.4) is 0 Å². The molecule has 1 amide bonds. The standard InChI is InChI=1S/C14H18ClNO3S/c1-2-3-10-16(11-8-9-11)14(17)12-6-4-5-7-13(12)20(15,18)19/h4-7,11H,2-3,8-10H2,1H3. The van der Waals surface area contributed by atoms with Crippen molar-refractivity contribution in [3.8, 4) is 0 Å². The lowest BCUT2D eigenvalue weighted by Gasteiger charge is -2.23. The van der Waals surface area contributed by atoms with Crippen LogP contribution < -0.4 is 0 Å². The van der Waals surface area contributed by atoms with E-state index in [-0.39, 0.29) is 22.4 Å². The molecule has 0 spiro atoms. The number of rotatable bonds is 6. The molecule has 0 radical (unpaired) electrons. The van der Waals surface area contributed by atoms with Crippen LogP contribution in [0.1, 0.15) is 43.0 Å². The Labute approximate surface area is 124 Å². The summed E-state index contributed by atoms with van der Waals surface area (Å²) in [6.45, 7) is 2.73. The van der Waals surface area contributed by atoms with Gasteiger partial charge in [0, 0.05) is 23.3 Å². The fourth-order valence-electron chi connectivity index (χ4n) is 2.18. The van der Waals surface area contributed by atoms with Gasteiger partial charge in [-0.05, 0) is 31.4 Å². The first-order valence-corrected chi connectivity index (χ1v) is 9.10. The van der Waals surface area contributed by atoms with Crippen molar-refractivity contribution >= 4 is 25.6 Å². The normalized spacial score (nSPS) is 15.1. The molecule has 1 aliphatic carbocycles. The van der Waals surface area contributed by atoms with Crippen LogP contribution >= 0.6 is 10.7 Å². The van der Waals surface area contributed by atoms with E-state index >= 15 is 0 Å².